The molecule has 0 amide bonds. The summed E-state index contributed by atoms with van der Waals surface area (Å²) in [5, 5.41) is 10.8. The average molecular weight is 458 g/mol. The Hall–Kier alpha value is -2.44. The van der Waals surface area contributed by atoms with Crippen molar-refractivity contribution in [3.8, 4) is 5.75 Å². The van der Waals surface area contributed by atoms with E-state index in [-0.39, 0.29) is 21.4 Å². The number of rotatable bonds is 12. The lowest BCUT2D eigenvalue weighted by atomic mass is 9.72. The third kappa shape index (κ3) is 9.52. The van der Waals surface area contributed by atoms with Gasteiger partial charge in [-0.05, 0) is 47.1 Å². The van der Waals surface area contributed by atoms with Gasteiger partial charge in [-0.15, -0.1) is 0 Å². The average Bonchev–Trinajstić information content (AvgIpc) is 2.69. The van der Waals surface area contributed by atoms with Crippen LogP contribution in [0, 0.1) is 15.5 Å². The van der Waals surface area contributed by atoms with E-state index < -0.39 is 0 Å². The number of quaternary nitrogens is 1. The Morgan fingerprint density at radius 2 is 1.48 bits per heavy atom. The zero-order valence-electron chi connectivity index (χ0n) is 21.4. The first-order valence-corrected chi connectivity index (χ1v) is 11.6. The summed E-state index contributed by atoms with van der Waals surface area (Å²) in [5.74, 6) is 0.864. The van der Waals surface area contributed by atoms with Crippen molar-refractivity contribution in [2.75, 3.05) is 40.5 Å². The van der Waals surface area contributed by atoms with Gasteiger partial charge in [0.1, 0.15) is 25.4 Å². The normalized spacial score (nSPS) is 12.6. The van der Waals surface area contributed by atoms with Gasteiger partial charge in [-0.1, -0.05) is 46.8 Å². The third-order valence-electron chi connectivity index (χ3n) is 5.70. The topological polar surface area (TPSA) is 61.6 Å². The van der Waals surface area contributed by atoms with Crippen LogP contribution in [0.4, 0.5) is 5.69 Å². The Balaban J connectivity index is 1.70. The summed E-state index contributed by atoms with van der Waals surface area (Å²) in [6, 6.07) is 15.2. The highest BCUT2D eigenvalue weighted by molar-refractivity contribution is 5.33. The molecule has 6 heteroatoms. The van der Waals surface area contributed by atoms with Crippen LogP contribution in [-0.2, 0) is 16.7 Å². The number of benzene rings is 2. The predicted molar refractivity (Wildman–Crippen MR) is 134 cm³/mol. The van der Waals surface area contributed by atoms with Crippen molar-refractivity contribution in [2.45, 2.75) is 53.0 Å². The second-order valence-electron chi connectivity index (χ2n) is 11.3. The van der Waals surface area contributed by atoms with Crippen molar-refractivity contribution in [1.82, 2.24) is 0 Å². The van der Waals surface area contributed by atoms with Gasteiger partial charge in [-0.25, -0.2) is 0 Å². The summed E-state index contributed by atoms with van der Waals surface area (Å²) in [6.07, 6.45) is 1.12. The molecular weight excluding hydrogens is 416 g/mol. The first-order chi connectivity index (χ1) is 15.3. The second kappa shape index (κ2) is 11.1. The second-order valence-corrected chi connectivity index (χ2v) is 11.3. The minimum absolute atomic E-state index is 0.121. The van der Waals surface area contributed by atoms with E-state index in [0.29, 0.717) is 19.8 Å². The maximum absolute atomic E-state index is 10.8. The molecule has 0 saturated heterocycles. The molecule has 33 heavy (non-hydrogen) atoms. The number of nitro groups is 1. The first-order valence-electron chi connectivity index (χ1n) is 11.6. The van der Waals surface area contributed by atoms with Crippen LogP contribution in [0.2, 0.25) is 0 Å². The number of nitro benzene ring substituents is 1. The fourth-order valence-corrected chi connectivity index (χ4v) is 4.36. The van der Waals surface area contributed by atoms with Gasteiger partial charge in [-0.2, -0.15) is 0 Å². The van der Waals surface area contributed by atoms with Crippen LogP contribution in [0.1, 0.15) is 52.2 Å². The molecule has 0 aliphatic rings. The fourth-order valence-electron chi connectivity index (χ4n) is 4.36. The molecule has 0 aliphatic carbocycles. The molecule has 0 aromatic heterocycles. The molecule has 0 spiro atoms. The molecule has 6 nitrogen and oxygen atoms in total. The first kappa shape index (κ1) is 26.8. The number of hydrogen-bond acceptors (Lipinski definition) is 4. The standard InChI is InChI=1S/C27H41N2O4/c1-26(2,3)21-27(4,5)23-10-14-25(15-11-23)33-19-18-32-17-16-29(6,7)20-22-8-12-24(13-9-22)28(30)31/h8-15H,16-21H2,1-7H3/q+1. The van der Waals surface area contributed by atoms with Crippen molar-refractivity contribution < 1.29 is 18.9 Å². The molecule has 0 atom stereocenters. The van der Waals surface area contributed by atoms with E-state index in [4.69, 9.17) is 9.47 Å². The van der Waals surface area contributed by atoms with Gasteiger partial charge in [-0.3, -0.25) is 10.1 Å². The van der Waals surface area contributed by atoms with E-state index in [1.54, 1.807) is 12.1 Å². The molecule has 0 bridgehead atoms. The highest BCUT2D eigenvalue weighted by atomic mass is 16.6. The third-order valence-corrected chi connectivity index (χ3v) is 5.70. The van der Waals surface area contributed by atoms with Crippen LogP contribution < -0.4 is 4.74 Å². The SMILES string of the molecule is CC(C)(C)CC(C)(C)c1ccc(OCCOCC[N+](C)(C)Cc2ccc([N+](=O)[O-])cc2)cc1. The quantitative estimate of drug-likeness (QED) is 0.170. The molecule has 2 aromatic rings. The van der Waals surface area contributed by atoms with Crippen molar-refractivity contribution in [1.29, 1.82) is 0 Å². The number of likely N-dealkylation sites (N-methyl/N-ethyl adjacent to an activating group) is 1. The van der Waals surface area contributed by atoms with E-state index in [2.05, 4.69) is 60.8 Å². The van der Waals surface area contributed by atoms with E-state index in [1.807, 2.05) is 24.3 Å². The summed E-state index contributed by atoms with van der Waals surface area (Å²) in [5.41, 5.74) is 2.93. The Bertz CT molecular complexity index is 882. The number of hydrogen-bond donors (Lipinski definition) is 0. The van der Waals surface area contributed by atoms with Gasteiger partial charge < -0.3 is 14.0 Å². The predicted octanol–water partition coefficient (Wildman–Crippen LogP) is 5.98. The van der Waals surface area contributed by atoms with Gasteiger partial charge in [0.05, 0.1) is 32.2 Å². The Morgan fingerprint density at radius 3 is 2.03 bits per heavy atom. The van der Waals surface area contributed by atoms with Gasteiger partial charge in [0.15, 0.2) is 0 Å². The highest BCUT2D eigenvalue weighted by Crippen LogP contribution is 2.36. The summed E-state index contributed by atoms with van der Waals surface area (Å²) in [6.45, 7) is 14.7. The molecule has 2 rings (SSSR count). The van der Waals surface area contributed by atoms with E-state index in [9.17, 15) is 10.1 Å². The van der Waals surface area contributed by atoms with Crippen LogP contribution in [0.15, 0.2) is 48.5 Å². The Morgan fingerprint density at radius 1 is 0.879 bits per heavy atom. The maximum Gasteiger partial charge on any atom is 0.269 e. The summed E-state index contributed by atoms with van der Waals surface area (Å²) >= 11 is 0. The summed E-state index contributed by atoms with van der Waals surface area (Å²) in [4.78, 5) is 10.4. The van der Waals surface area contributed by atoms with Crippen LogP contribution in [0.25, 0.3) is 0 Å². The Kier molecular flexibility index (Phi) is 9.04. The molecule has 0 unspecified atom stereocenters. The molecular formula is C27H41N2O4+. The molecule has 0 N–H and O–H groups in total. The number of ether oxygens (including phenoxy) is 2. The largest absolute Gasteiger partial charge is 0.491 e. The number of nitrogens with zero attached hydrogens (tertiary/aromatic N) is 2. The molecule has 0 fully saturated rings. The van der Waals surface area contributed by atoms with Crippen LogP contribution in [0.3, 0.4) is 0 Å². The van der Waals surface area contributed by atoms with Crippen molar-refractivity contribution in [2.24, 2.45) is 5.41 Å². The van der Waals surface area contributed by atoms with Gasteiger partial charge in [0.2, 0.25) is 0 Å². The lowest BCUT2D eigenvalue weighted by Gasteiger charge is -2.33. The molecule has 182 valence electrons. The smallest absolute Gasteiger partial charge is 0.269 e. The molecule has 2 aromatic carbocycles. The van der Waals surface area contributed by atoms with Gasteiger partial charge in [0.25, 0.3) is 5.69 Å². The zero-order valence-corrected chi connectivity index (χ0v) is 21.4. The van der Waals surface area contributed by atoms with Crippen molar-refractivity contribution in [3.63, 3.8) is 0 Å². The summed E-state index contributed by atoms with van der Waals surface area (Å²) in [7, 11) is 4.26. The minimum atomic E-state index is -0.373. The maximum atomic E-state index is 10.8. The minimum Gasteiger partial charge on any atom is -0.491 e. The fraction of sp³-hybridized carbons (Fsp3) is 0.556. The molecule has 0 heterocycles. The lowest BCUT2D eigenvalue weighted by Crippen LogP contribution is -2.41. The highest BCUT2D eigenvalue weighted by Gasteiger charge is 2.27. The van der Waals surface area contributed by atoms with Crippen molar-refractivity contribution in [3.05, 3.63) is 69.8 Å². The van der Waals surface area contributed by atoms with Gasteiger partial charge >= 0.3 is 0 Å². The van der Waals surface area contributed by atoms with E-state index in [1.165, 1.54) is 5.56 Å². The zero-order chi connectivity index (χ0) is 24.7. The van der Waals surface area contributed by atoms with Crippen LogP contribution in [-0.4, -0.2) is 49.9 Å². The van der Waals surface area contributed by atoms with Crippen LogP contribution in [0.5, 0.6) is 5.75 Å². The van der Waals surface area contributed by atoms with Gasteiger partial charge in [0, 0.05) is 17.7 Å². The lowest BCUT2D eigenvalue weighted by molar-refractivity contribution is -0.904. The number of non-ortho nitro benzene ring substituents is 1. The monoisotopic (exact) mass is 457 g/mol. The molecule has 0 aliphatic heterocycles. The summed E-state index contributed by atoms with van der Waals surface area (Å²) < 4.78 is 12.4. The Labute approximate surface area is 199 Å². The van der Waals surface area contributed by atoms with E-state index in [0.717, 1.165) is 35.3 Å². The molecule has 0 radical (unpaired) electrons. The van der Waals surface area contributed by atoms with E-state index >= 15 is 0 Å². The van der Waals surface area contributed by atoms with Crippen LogP contribution >= 0.6 is 0 Å². The molecule has 0 saturated carbocycles. The van der Waals surface area contributed by atoms with Crippen molar-refractivity contribution >= 4 is 5.69 Å².